The van der Waals surface area contributed by atoms with Crippen LogP contribution in [0.5, 0.6) is 17.4 Å². The van der Waals surface area contributed by atoms with E-state index in [2.05, 4.69) is 36.3 Å². The van der Waals surface area contributed by atoms with Crippen LogP contribution in [0.25, 0.3) is 33.1 Å². The molecule has 1 N–H and O–H groups in total. The Hall–Kier alpha value is -3.00. The van der Waals surface area contributed by atoms with Crippen LogP contribution in [0.3, 0.4) is 0 Å². The number of nitrogens with zero attached hydrogens (tertiary/aromatic N) is 4. The minimum atomic E-state index is -0.224. The van der Waals surface area contributed by atoms with E-state index in [1.54, 1.807) is 0 Å². The number of hydrogen-bond donors (Lipinski definition) is 1. The molecule has 0 aliphatic rings. The summed E-state index contributed by atoms with van der Waals surface area (Å²) in [6.45, 7) is 4.77. The maximum absolute atomic E-state index is 10.5. The Morgan fingerprint density at radius 2 is 1.64 bits per heavy atom. The van der Waals surface area contributed by atoms with E-state index in [4.69, 9.17) is 9.47 Å². The van der Waals surface area contributed by atoms with Crippen molar-refractivity contribution in [2.45, 2.75) is 13.8 Å². The van der Waals surface area contributed by atoms with E-state index in [-0.39, 0.29) is 5.88 Å². The standard InChI is InChI=1S/C20H17BrN4O3/c1-3-27-16-10-15-12(9-13(16)21)19(28-4-2)18(24-23-15)17-11-7-5-6-8-14(11)22-25-20(17)26/h5-10H,3-4H2,1-2H3,(H,25,26). The molecule has 0 aliphatic carbocycles. The normalized spacial score (nSPS) is 11.1. The number of ether oxygens (including phenoxy) is 2. The smallest absolute Gasteiger partial charge is 0.241 e. The number of aromatic hydroxyl groups is 1. The summed E-state index contributed by atoms with van der Waals surface area (Å²) in [7, 11) is 0. The second kappa shape index (κ2) is 7.55. The molecule has 2 aromatic carbocycles. The van der Waals surface area contributed by atoms with Crippen LogP contribution in [0.2, 0.25) is 0 Å². The Morgan fingerprint density at radius 1 is 0.893 bits per heavy atom. The van der Waals surface area contributed by atoms with Gasteiger partial charge in [-0.05, 0) is 41.9 Å². The quantitative estimate of drug-likeness (QED) is 0.488. The van der Waals surface area contributed by atoms with Gasteiger partial charge in [-0.25, -0.2) is 0 Å². The average Bonchev–Trinajstić information content (AvgIpc) is 2.70. The van der Waals surface area contributed by atoms with Crippen molar-refractivity contribution in [2.75, 3.05) is 13.2 Å². The molecule has 28 heavy (non-hydrogen) atoms. The van der Waals surface area contributed by atoms with Crippen LogP contribution in [-0.2, 0) is 0 Å². The Balaban J connectivity index is 2.04. The first kappa shape index (κ1) is 18.4. The van der Waals surface area contributed by atoms with Gasteiger partial charge in [-0.1, -0.05) is 18.2 Å². The van der Waals surface area contributed by atoms with Gasteiger partial charge in [0.05, 0.1) is 28.8 Å². The molecule has 7 nitrogen and oxygen atoms in total. The number of benzene rings is 2. The molecule has 0 saturated heterocycles. The summed E-state index contributed by atoms with van der Waals surface area (Å²) < 4.78 is 12.3. The van der Waals surface area contributed by atoms with Crippen molar-refractivity contribution in [3.05, 3.63) is 40.9 Å². The minimum Gasteiger partial charge on any atom is -0.493 e. The van der Waals surface area contributed by atoms with Crippen molar-refractivity contribution in [3.8, 4) is 28.6 Å². The van der Waals surface area contributed by atoms with Gasteiger partial charge < -0.3 is 14.6 Å². The van der Waals surface area contributed by atoms with Crippen LogP contribution in [0, 0.1) is 0 Å². The minimum absolute atomic E-state index is 0.224. The second-order valence-corrected chi connectivity index (χ2v) is 6.81. The van der Waals surface area contributed by atoms with Crippen LogP contribution >= 0.6 is 15.9 Å². The van der Waals surface area contributed by atoms with Crippen molar-refractivity contribution >= 4 is 37.7 Å². The van der Waals surface area contributed by atoms with E-state index in [1.165, 1.54) is 0 Å². The third kappa shape index (κ3) is 3.09. The van der Waals surface area contributed by atoms with Gasteiger partial charge in [-0.3, -0.25) is 0 Å². The predicted molar refractivity (Wildman–Crippen MR) is 110 cm³/mol. The predicted octanol–water partition coefficient (Wildman–Crippen LogP) is 4.51. The van der Waals surface area contributed by atoms with Crippen molar-refractivity contribution in [1.82, 2.24) is 20.4 Å². The maximum Gasteiger partial charge on any atom is 0.241 e. The highest BCUT2D eigenvalue weighted by atomic mass is 79.9. The molecule has 0 atom stereocenters. The lowest BCUT2D eigenvalue weighted by Gasteiger charge is -2.15. The lowest BCUT2D eigenvalue weighted by molar-refractivity contribution is 0.337. The molecule has 2 heterocycles. The van der Waals surface area contributed by atoms with Crippen molar-refractivity contribution in [2.24, 2.45) is 0 Å². The zero-order valence-electron chi connectivity index (χ0n) is 15.3. The SMILES string of the molecule is CCOc1cc2nnc(-c3c(O)nnc4ccccc34)c(OCC)c2cc1Br. The first-order valence-corrected chi connectivity index (χ1v) is 9.63. The maximum atomic E-state index is 10.5. The summed E-state index contributed by atoms with van der Waals surface area (Å²) in [4.78, 5) is 0. The molecule has 4 rings (SSSR count). The molecule has 0 radical (unpaired) electrons. The molecule has 0 saturated carbocycles. The van der Waals surface area contributed by atoms with Crippen LogP contribution in [0.4, 0.5) is 0 Å². The van der Waals surface area contributed by atoms with Gasteiger partial charge in [-0.2, -0.15) is 0 Å². The first-order chi connectivity index (χ1) is 13.6. The summed E-state index contributed by atoms with van der Waals surface area (Å²) in [6.07, 6.45) is 0. The number of hydrogen-bond acceptors (Lipinski definition) is 7. The van der Waals surface area contributed by atoms with E-state index < -0.39 is 0 Å². The molecule has 0 unspecified atom stereocenters. The zero-order chi connectivity index (χ0) is 19.7. The van der Waals surface area contributed by atoms with Crippen molar-refractivity contribution in [1.29, 1.82) is 0 Å². The van der Waals surface area contributed by atoms with E-state index in [0.29, 0.717) is 47.0 Å². The van der Waals surface area contributed by atoms with Gasteiger partial charge in [0.25, 0.3) is 0 Å². The second-order valence-electron chi connectivity index (χ2n) is 5.96. The fourth-order valence-corrected chi connectivity index (χ4v) is 3.54. The highest BCUT2D eigenvalue weighted by Crippen LogP contribution is 2.42. The van der Waals surface area contributed by atoms with E-state index in [1.807, 2.05) is 50.2 Å². The molecule has 2 aromatic heterocycles. The lowest BCUT2D eigenvalue weighted by Crippen LogP contribution is -2.02. The number of rotatable bonds is 5. The number of aromatic nitrogens is 4. The molecule has 0 aliphatic heterocycles. The van der Waals surface area contributed by atoms with Crippen molar-refractivity contribution in [3.63, 3.8) is 0 Å². The van der Waals surface area contributed by atoms with Gasteiger partial charge >= 0.3 is 0 Å². The van der Waals surface area contributed by atoms with Gasteiger partial charge in [0, 0.05) is 16.8 Å². The van der Waals surface area contributed by atoms with Crippen LogP contribution in [0.1, 0.15) is 13.8 Å². The molecular weight excluding hydrogens is 424 g/mol. The Morgan fingerprint density at radius 3 is 2.43 bits per heavy atom. The van der Waals surface area contributed by atoms with Crippen LogP contribution in [-0.4, -0.2) is 38.7 Å². The number of halogens is 1. The van der Waals surface area contributed by atoms with Gasteiger partial charge in [0.1, 0.15) is 17.0 Å². The molecule has 0 spiro atoms. The Bertz CT molecular complexity index is 1180. The topological polar surface area (TPSA) is 90.3 Å². The highest BCUT2D eigenvalue weighted by molar-refractivity contribution is 9.10. The Labute approximate surface area is 169 Å². The fraction of sp³-hybridized carbons (Fsp3) is 0.200. The molecule has 0 fully saturated rings. The van der Waals surface area contributed by atoms with E-state index in [9.17, 15) is 5.11 Å². The first-order valence-electron chi connectivity index (χ1n) is 8.84. The molecule has 0 amide bonds. The van der Waals surface area contributed by atoms with Crippen molar-refractivity contribution < 1.29 is 14.6 Å². The summed E-state index contributed by atoms with van der Waals surface area (Å²) in [6, 6.07) is 11.1. The fourth-order valence-electron chi connectivity index (χ4n) is 3.08. The van der Waals surface area contributed by atoms with E-state index >= 15 is 0 Å². The van der Waals surface area contributed by atoms with Gasteiger partial charge in [0.15, 0.2) is 5.75 Å². The summed E-state index contributed by atoms with van der Waals surface area (Å²) in [5, 5.41) is 28.6. The summed E-state index contributed by atoms with van der Waals surface area (Å²) >= 11 is 3.54. The summed E-state index contributed by atoms with van der Waals surface area (Å²) in [5.74, 6) is 0.974. The molecule has 142 valence electrons. The number of fused-ring (bicyclic) bond motifs is 2. The third-order valence-electron chi connectivity index (χ3n) is 4.24. The third-order valence-corrected chi connectivity index (χ3v) is 4.86. The summed E-state index contributed by atoms with van der Waals surface area (Å²) in [5.41, 5.74) is 2.12. The van der Waals surface area contributed by atoms with Crippen LogP contribution in [0.15, 0.2) is 40.9 Å². The van der Waals surface area contributed by atoms with Gasteiger partial charge in [0.2, 0.25) is 5.88 Å². The largest absolute Gasteiger partial charge is 0.493 e. The molecule has 4 aromatic rings. The molecule has 8 heteroatoms. The lowest BCUT2D eigenvalue weighted by atomic mass is 10.0. The molecule has 0 bridgehead atoms. The monoisotopic (exact) mass is 440 g/mol. The van der Waals surface area contributed by atoms with E-state index in [0.717, 1.165) is 15.2 Å². The Kier molecular flexibility index (Phi) is 4.95. The average molecular weight is 441 g/mol. The zero-order valence-corrected chi connectivity index (χ0v) is 16.9. The highest BCUT2D eigenvalue weighted by Gasteiger charge is 2.22. The van der Waals surface area contributed by atoms with Gasteiger partial charge in [-0.15, -0.1) is 20.4 Å². The molecular formula is C20H17BrN4O3. The van der Waals surface area contributed by atoms with Crippen LogP contribution < -0.4 is 9.47 Å².